The quantitative estimate of drug-likeness (QED) is 0.931. The summed E-state index contributed by atoms with van der Waals surface area (Å²) in [7, 11) is 0. The minimum absolute atomic E-state index is 0.393. The van der Waals surface area contributed by atoms with E-state index in [9.17, 15) is 0 Å². The van der Waals surface area contributed by atoms with Crippen molar-refractivity contribution in [1.29, 1.82) is 0 Å². The lowest BCUT2D eigenvalue weighted by Crippen LogP contribution is -2.38. The lowest BCUT2D eigenvalue weighted by Gasteiger charge is -2.29. The molecule has 3 heterocycles. The SMILES string of the molecule is CC(CN1CCCCC1)Nc1ccn2ncc(Br)c2n1. The van der Waals surface area contributed by atoms with Gasteiger partial charge in [0.25, 0.3) is 0 Å². The van der Waals surface area contributed by atoms with Crippen LogP contribution in [0, 0.1) is 0 Å². The van der Waals surface area contributed by atoms with Gasteiger partial charge in [0.1, 0.15) is 5.82 Å². The second-order valence-electron chi connectivity index (χ2n) is 5.48. The van der Waals surface area contributed by atoms with Crippen molar-refractivity contribution in [2.24, 2.45) is 0 Å². The number of fused-ring (bicyclic) bond motifs is 1. The number of rotatable bonds is 4. The van der Waals surface area contributed by atoms with Crippen molar-refractivity contribution in [3.8, 4) is 0 Å². The molecule has 108 valence electrons. The van der Waals surface area contributed by atoms with Gasteiger partial charge >= 0.3 is 0 Å². The topological polar surface area (TPSA) is 45.5 Å². The Balaban J connectivity index is 1.64. The summed E-state index contributed by atoms with van der Waals surface area (Å²) >= 11 is 3.47. The van der Waals surface area contributed by atoms with E-state index in [1.807, 2.05) is 12.3 Å². The molecule has 1 saturated heterocycles. The van der Waals surface area contributed by atoms with E-state index in [1.165, 1.54) is 32.4 Å². The van der Waals surface area contributed by atoms with E-state index in [-0.39, 0.29) is 0 Å². The zero-order valence-electron chi connectivity index (χ0n) is 11.7. The van der Waals surface area contributed by atoms with Crippen molar-refractivity contribution in [3.63, 3.8) is 0 Å². The molecule has 0 bridgehead atoms. The Labute approximate surface area is 127 Å². The summed E-state index contributed by atoms with van der Waals surface area (Å²) in [5.74, 6) is 0.906. The molecule has 5 nitrogen and oxygen atoms in total. The maximum absolute atomic E-state index is 4.59. The first kappa shape index (κ1) is 13.8. The largest absolute Gasteiger partial charge is 0.366 e. The summed E-state index contributed by atoms with van der Waals surface area (Å²) in [5, 5.41) is 7.69. The fraction of sp³-hybridized carbons (Fsp3) is 0.571. The van der Waals surface area contributed by atoms with Gasteiger partial charge in [-0.1, -0.05) is 6.42 Å². The summed E-state index contributed by atoms with van der Waals surface area (Å²) < 4.78 is 2.69. The van der Waals surface area contributed by atoms with Crippen LogP contribution >= 0.6 is 15.9 Å². The molecule has 1 N–H and O–H groups in total. The highest BCUT2D eigenvalue weighted by molar-refractivity contribution is 9.10. The van der Waals surface area contributed by atoms with Crippen LogP contribution in [0.25, 0.3) is 5.65 Å². The molecule has 0 aliphatic carbocycles. The number of hydrogen-bond donors (Lipinski definition) is 1. The Morgan fingerprint density at radius 1 is 1.35 bits per heavy atom. The van der Waals surface area contributed by atoms with Crippen LogP contribution < -0.4 is 5.32 Å². The molecule has 6 heteroatoms. The molecule has 1 aliphatic rings. The molecule has 1 aliphatic heterocycles. The minimum Gasteiger partial charge on any atom is -0.366 e. The van der Waals surface area contributed by atoms with Crippen molar-refractivity contribution < 1.29 is 0 Å². The first-order valence-electron chi connectivity index (χ1n) is 7.21. The van der Waals surface area contributed by atoms with E-state index in [4.69, 9.17) is 0 Å². The third kappa shape index (κ3) is 3.12. The Hall–Kier alpha value is -1.14. The Morgan fingerprint density at radius 2 is 2.15 bits per heavy atom. The van der Waals surface area contributed by atoms with Gasteiger partial charge in [0.15, 0.2) is 5.65 Å². The van der Waals surface area contributed by atoms with Crippen molar-refractivity contribution in [2.45, 2.75) is 32.2 Å². The number of anilines is 1. The molecule has 0 spiro atoms. The molecular formula is C14H20BrN5. The highest BCUT2D eigenvalue weighted by atomic mass is 79.9. The number of hydrogen-bond acceptors (Lipinski definition) is 4. The van der Waals surface area contributed by atoms with E-state index in [0.717, 1.165) is 22.5 Å². The Morgan fingerprint density at radius 3 is 2.95 bits per heavy atom. The predicted molar refractivity (Wildman–Crippen MR) is 84.1 cm³/mol. The molecule has 0 aromatic carbocycles. The maximum Gasteiger partial charge on any atom is 0.171 e. The van der Waals surface area contributed by atoms with E-state index < -0.39 is 0 Å². The fourth-order valence-corrected chi connectivity index (χ4v) is 3.11. The average molecular weight is 338 g/mol. The van der Waals surface area contributed by atoms with Crippen molar-refractivity contribution in [1.82, 2.24) is 19.5 Å². The molecular weight excluding hydrogens is 318 g/mol. The second kappa shape index (κ2) is 6.10. The molecule has 0 amide bonds. The highest BCUT2D eigenvalue weighted by Gasteiger charge is 2.14. The van der Waals surface area contributed by atoms with Crippen LogP contribution in [0.2, 0.25) is 0 Å². The lowest BCUT2D eigenvalue weighted by molar-refractivity contribution is 0.223. The van der Waals surface area contributed by atoms with E-state index in [1.54, 1.807) is 10.7 Å². The Kier molecular flexibility index (Phi) is 4.21. The molecule has 0 radical (unpaired) electrons. The minimum atomic E-state index is 0.393. The van der Waals surface area contributed by atoms with Crippen LogP contribution in [0.5, 0.6) is 0 Å². The van der Waals surface area contributed by atoms with Gasteiger partial charge in [0, 0.05) is 18.8 Å². The van der Waals surface area contributed by atoms with Crippen LogP contribution in [-0.4, -0.2) is 45.2 Å². The first-order chi connectivity index (χ1) is 9.72. The van der Waals surface area contributed by atoms with Gasteiger partial charge in [-0.3, -0.25) is 0 Å². The standard InChI is InChI=1S/C14H20BrN5/c1-11(10-19-6-3-2-4-7-19)17-13-5-8-20-14(18-13)12(15)9-16-20/h5,8-9,11H,2-4,6-7,10H2,1H3,(H,17,18). The normalized spacial score (nSPS) is 18.3. The van der Waals surface area contributed by atoms with Gasteiger partial charge in [0.2, 0.25) is 0 Å². The number of nitrogens with one attached hydrogen (secondary N) is 1. The van der Waals surface area contributed by atoms with Crippen molar-refractivity contribution in [3.05, 3.63) is 22.9 Å². The smallest absolute Gasteiger partial charge is 0.171 e. The second-order valence-corrected chi connectivity index (χ2v) is 6.33. The molecule has 0 saturated carbocycles. The summed E-state index contributed by atoms with van der Waals surface area (Å²) in [6.07, 6.45) is 7.75. The third-order valence-corrected chi connectivity index (χ3v) is 4.26. The highest BCUT2D eigenvalue weighted by Crippen LogP contribution is 2.17. The number of aromatic nitrogens is 3. The molecule has 1 fully saturated rings. The van der Waals surface area contributed by atoms with Crippen molar-refractivity contribution >= 4 is 27.4 Å². The Bertz CT molecular complexity index is 576. The van der Waals surface area contributed by atoms with Gasteiger partial charge in [-0.05, 0) is 54.9 Å². The van der Waals surface area contributed by atoms with Crippen LogP contribution in [0.4, 0.5) is 5.82 Å². The summed E-state index contributed by atoms with van der Waals surface area (Å²) in [4.78, 5) is 7.13. The van der Waals surface area contributed by atoms with Gasteiger partial charge in [-0.25, -0.2) is 9.50 Å². The van der Waals surface area contributed by atoms with Crippen LogP contribution in [0.15, 0.2) is 22.9 Å². The van der Waals surface area contributed by atoms with Gasteiger partial charge < -0.3 is 10.2 Å². The van der Waals surface area contributed by atoms with Crippen molar-refractivity contribution in [2.75, 3.05) is 25.0 Å². The summed E-state index contributed by atoms with van der Waals surface area (Å²) in [6.45, 7) is 5.75. The number of likely N-dealkylation sites (tertiary alicyclic amines) is 1. The maximum atomic E-state index is 4.59. The van der Waals surface area contributed by atoms with Crippen LogP contribution in [0.1, 0.15) is 26.2 Å². The number of halogens is 1. The van der Waals surface area contributed by atoms with Gasteiger partial charge in [-0.2, -0.15) is 5.10 Å². The zero-order valence-corrected chi connectivity index (χ0v) is 13.3. The lowest BCUT2D eigenvalue weighted by atomic mass is 10.1. The van der Waals surface area contributed by atoms with Crippen LogP contribution in [0.3, 0.4) is 0 Å². The third-order valence-electron chi connectivity index (χ3n) is 3.70. The van der Waals surface area contributed by atoms with Gasteiger partial charge in [-0.15, -0.1) is 0 Å². The summed E-state index contributed by atoms with van der Waals surface area (Å²) in [6, 6.07) is 2.36. The summed E-state index contributed by atoms with van der Waals surface area (Å²) in [5.41, 5.74) is 0.847. The van der Waals surface area contributed by atoms with Crippen LogP contribution in [-0.2, 0) is 0 Å². The van der Waals surface area contributed by atoms with E-state index in [0.29, 0.717) is 6.04 Å². The first-order valence-corrected chi connectivity index (χ1v) is 8.00. The number of piperidine rings is 1. The van der Waals surface area contributed by atoms with E-state index in [2.05, 4.69) is 43.2 Å². The van der Waals surface area contributed by atoms with E-state index >= 15 is 0 Å². The number of nitrogens with zero attached hydrogens (tertiary/aromatic N) is 4. The molecule has 1 atom stereocenters. The molecule has 20 heavy (non-hydrogen) atoms. The molecule has 1 unspecified atom stereocenters. The zero-order chi connectivity index (χ0) is 13.9. The molecule has 3 rings (SSSR count). The monoisotopic (exact) mass is 337 g/mol. The molecule has 2 aromatic heterocycles. The predicted octanol–water partition coefficient (Wildman–Crippen LogP) is 2.78. The average Bonchev–Trinajstić information content (AvgIpc) is 2.81. The van der Waals surface area contributed by atoms with Gasteiger partial charge in [0.05, 0.1) is 10.7 Å². The fourth-order valence-electron chi connectivity index (χ4n) is 2.75. The molecule has 2 aromatic rings.